The van der Waals surface area contributed by atoms with E-state index in [9.17, 15) is 9.59 Å². The number of pyridine rings is 1. The van der Waals surface area contributed by atoms with E-state index in [4.69, 9.17) is 23.2 Å². The number of halogens is 2. The maximum atomic E-state index is 12.6. The van der Waals surface area contributed by atoms with Crippen molar-refractivity contribution >= 4 is 46.4 Å². The van der Waals surface area contributed by atoms with E-state index in [2.05, 4.69) is 15.6 Å². The van der Waals surface area contributed by atoms with Crippen molar-refractivity contribution in [2.45, 2.75) is 6.92 Å². The Morgan fingerprint density at radius 3 is 2.37 bits per heavy atom. The van der Waals surface area contributed by atoms with E-state index in [0.29, 0.717) is 27.0 Å². The lowest BCUT2D eigenvalue weighted by atomic mass is 10.1. The number of aromatic nitrogens is 1. The number of nitrogens with zero attached hydrogens (tertiary/aromatic N) is 1. The number of benzene rings is 2. The van der Waals surface area contributed by atoms with Gasteiger partial charge in [0, 0.05) is 22.5 Å². The van der Waals surface area contributed by atoms with Gasteiger partial charge in [0.25, 0.3) is 11.8 Å². The minimum atomic E-state index is -0.412. The number of carbonyl (C=O) groups is 2. The smallest absolute Gasteiger partial charge is 0.257 e. The number of hydrogen-bond donors (Lipinski definition) is 2. The van der Waals surface area contributed by atoms with Gasteiger partial charge in [-0.1, -0.05) is 29.3 Å². The molecule has 0 aliphatic carbocycles. The molecule has 27 heavy (non-hydrogen) atoms. The summed E-state index contributed by atoms with van der Waals surface area (Å²) in [5.41, 5.74) is 2.52. The highest BCUT2D eigenvalue weighted by atomic mass is 35.5. The van der Waals surface area contributed by atoms with Gasteiger partial charge in [-0.15, -0.1) is 0 Å². The predicted octanol–water partition coefficient (Wildman–Crippen LogP) is 5.20. The van der Waals surface area contributed by atoms with Crippen LogP contribution in [0.2, 0.25) is 10.0 Å². The molecule has 3 rings (SSSR count). The molecule has 0 bridgehead atoms. The second-order valence-corrected chi connectivity index (χ2v) is 6.65. The van der Waals surface area contributed by atoms with E-state index in [1.165, 1.54) is 6.07 Å². The fourth-order valence-electron chi connectivity index (χ4n) is 2.45. The fraction of sp³-hybridized carbons (Fsp3) is 0.0500. The van der Waals surface area contributed by atoms with Gasteiger partial charge in [-0.3, -0.25) is 14.6 Å². The van der Waals surface area contributed by atoms with E-state index in [-0.39, 0.29) is 11.5 Å². The highest BCUT2D eigenvalue weighted by Crippen LogP contribution is 2.23. The number of carbonyl (C=O) groups excluding carboxylic acids is 2. The predicted molar refractivity (Wildman–Crippen MR) is 108 cm³/mol. The van der Waals surface area contributed by atoms with Gasteiger partial charge in [-0.25, -0.2) is 0 Å². The zero-order valence-electron chi connectivity index (χ0n) is 14.3. The lowest BCUT2D eigenvalue weighted by Gasteiger charge is -2.11. The van der Waals surface area contributed by atoms with Crippen molar-refractivity contribution in [2.24, 2.45) is 0 Å². The third kappa shape index (κ3) is 4.64. The SMILES string of the molecule is Cc1ccc(NC(=O)c2cc(Cl)ccc2Cl)cc1C(=O)Nc1cccnc1. The van der Waals surface area contributed by atoms with Gasteiger partial charge in [0.1, 0.15) is 0 Å². The summed E-state index contributed by atoms with van der Waals surface area (Å²) in [5, 5.41) is 6.21. The average molecular weight is 400 g/mol. The average Bonchev–Trinajstić information content (AvgIpc) is 2.66. The third-order valence-electron chi connectivity index (χ3n) is 3.83. The van der Waals surface area contributed by atoms with Crippen LogP contribution in [0.15, 0.2) is 60.9 Å². The number of aryl methyl sites for hydroxylation is 1. The normalized spacial score (nSPS) is 10.3. The van der Waals surface area contributed by atoms with Gasteiger partial charge in [-0.2, -0.15) is 0 Å². The first-order valence-corrected chi connectivity index (χ1v) is 8.78. The maximum absolute atomic E-state index is 12.6. The third-order valence-corrected chi connectivity index (χ3v) is 4.40. The van der Waals surface area contributed by atoms with Crippen molar-refractivity contribution in [2.75, 3.05) is 10.6 Å². The molecule has 0 aliphatic rings. The monoisotopic (exact) mass is 399 g/mol. The van der Waals surface area contributed by atoms with Crippen LogP contribution in [0.5, 0.6) is 0 Å². The summed E-state index contributed by atoms with van der Waals surface area (Å²) < 4.78 is 0. The molecule has 5 nitrogen and oxygen atoms in total. The van der Waals surface area contributed by atoms with Gasteiger partial charge in [0.05, 0.1) is 22.5 Å². The molecule has 2 N–H and O–H groups in total. The Morgan fingerprint density at radius 2 is 1.63 bits per heavy atom. The number of hydrogen-bond acceptors (Lipinski definition) is 3. The summed E-state index contributed by atoms with van der Waals surface area (Å²) >= 11 is 12.0. The fourth-order valence-corrected chi connectivity index (χ4v) is 2.82. The van der Waals surface area contributed by atoms with Crippen LogP contribution < -0.4 is 10.6 Å². The molecular weight excluding hydrogens is 385 g/mol. The summed E-state index contributed by atoms with van der Waals surface area (Å²) in [4.78, 5) is 29.0. The van der Waals surface area contributed by atoms with E-state index >= 15 is 0 Å². The molecule has 0 radical (unpaired) electrons. The molecule has 2 aromatic carbocycles. The van der Waals surface area contributed by atoms with Gasteiger partial charge < -0.3 is 10.6 Å². The summed E-state index contributed by atoms with van der Waals surface area (Å²) in [6.07, 6.45) is 3.18. The summed E-state index contributed by atoms with van der Waals surface area (Å²) in [6, 6.07) is 13.2. The molecule has 3 aromatic rings. The molecular formula is C20H15Cl2N3O2. The Bertz CT molecular complexity index is 1010. The minimum Gasteiger partial charge on any atom is -0.322 e. The van der Waals surface area contributed by atoms with Crippen LogP contribution in [0.25, 0.3) is 0 Å². The zero-order valence-corrected chi connectivity index (χ0v) is 15.8. The van der Waals surface area contributed by atoms with Gasteiger partial charge in [-0.05, 0) is 55.0 Å². The standard InChI is InChI=1S/C20H15Cl2N3O2/c1-12-4-6-14(24-20(27)17-9-13(21)5-7-18(17)22)10-16(12)19(26)25-15-3-2-8-23-11-15/h2-11H,1H3,(H,24,27)(H,25,26). The van der Waals surface area contributed by atoms with Gasteiger partial charge >= 0.3 is 0 Å². The molecule has 136 valence electrons. The highest BCUT2D eigenvalue weighted by molar-refractivity contribution is 6.36. The lowest BCUT2D eigenvalue weighted by Crippen LogP contribution is -2.16. The Kier molecular flexibility index (Phi) is 5.74. The Morgan fingerprint density at radius 1 is 0.889 bits per heavy atom. The van der Waals surface area contributed by atoms with E-state index < -0.39 is 5.91 Å². The van der Waals surface area contributed by atoms with E-state index in [0.717, 1.165) is 5.56 Å². The van der Waals surface area contributed by atoms with Crippen molar-refractivity contribution in [3.8, 4) is 0 Å². The van der Waals surface area contributed by atoms with Crippen LogP contribution in [-0.2, 0) is 0 Å². The van der Waals surface area contributed by atoms with E-state index in [1.54, 1.807) is 54.9 Å². The molecule has 0 saturated heterocycles. The van der Waals surface area contributed by atoms with E-state index in [1.807, 2.05) is 6.92 Å². The van der Waals surface area contributed by atoms with Crippen LogP contribution in [-0.4, -0.2) is 16.8 Å². The minimum absolute atomic E-state index is 0.256. The summed E-state index contributed by atoms with van der Waals surface area (Å²) in [7, 11) is 0. The van der Waals surface area contributed by atoms with Crippen molar-refractivity contribution in [3.05, 3.63) is 87.7 Å². The lowest BCUT2D eigenvalue weighted by molar-refractivity contribution is 0.101. The molecule has 7 heteroatoms. The second-order valence-electron chi connectivity index (χ2n) is 5.80. The number of amides is 2. The Hall–Kier alpha value is -2.89. The molecule has 2 amide bonds. The maximum Gasteiger partial charge on any atom is 0.257 e. The first kappa shape index (κ1) is 18.9. The zero-order chi connectivity index (χ0) is 19.4. The molecule has 1 heterocycles. The second kappa shape index (κ2) is 8.20. The van der Waals surface area contributed by atoms with Crippen molar-refractivity contribution in [3.63, 3.8) is 0 Å². The van der Waals surface area contributed by atoms with Crippen LogP contribution >= 0.6 is 23.2 Å². The van der Waals surface area contributed by atoms with Crippen LogP contribution in [0.4, 0.5) is 11.4 Å². The first-order valence-electron chi connectivity index (χ1n) is 8.02. The molecule has 0 saturated carbocycles. The molecule has 0 atom stereocenters. The van der Waals surface area contributed by atoms with Crippen LogP contribution in [0.1, 0.15) is 26.3 Å². The topological polar surface area (TPSA) is 71.1 Å². The van der Waals surface area contributed by atoms with Gasteiger partial charge in [0.15, 0.2) is 0 Å². The molecule has 0 spiro atoms. The molecule has 0 fully saturated rings. The van der Waals surface area contributed by atoms with Crippen molar-refractivity contribution < 1.29 is 9.59 Å². The van der Waals surface area contributed by atoms with Crippen molar-refractivity contribution in [1.29, 1.82) is 0 Å². The molecule has 0 unspecified atom stereocenters. The summed E-state index contributed by atoms with van der Waals surface area (Å²) in [6.45, 7) is 1.82. The molecule has 0 aliphatic heterocycles. The summed E-state index contributed by atoms with van der Waals surface area (Å²) in [5.74, 6) is -0.706. The van der Waals surface area contributed by atoms with Crippen LogP contribution in [0, 0.1) is 6.92 Å². The van der Waals surface area contributed by atoms with Crippen molar-refractivity contribution in [1.82, 2.24) is 4.98 Å². The van der Waals surface area contributed by atoms with Crippen LogP contribution in [0.3, 0.4) is 0 Å². The quantitative estimate of drug-likeness (QED) is 0.632. The Balaban J connectivity index is 1.81. The number of anilines is 2. The highest BCUT2D eigenvalue weighted by Gasteiger charge is 2.14. The number of nitrogens with one attached hydrogen (secondary N) is 2. The number of rotatable bonds is 4. The van der Waals surface area contributed by atoms with Gasteiger partial charge in [0.2, 0.25) is 0 Å². The Labute approximate surface area is 166 Å². The first-order chi connectivity index (χ1) is 12.9. The largest absolute Gasteiger partial charge is 0.322 e. The molecule has 1 aromatic heterocycles.